The van der Waals surface area contributed by atoms with Crippen LogP contribution in [0.1, 0.15) is 42.5 Å². The molecule has 1 amide bonds. The van der Waals surface area contributed by atoms with Crippen LogP contribution >= 0.6 is 0 Å². The van der Waals surface area contributed by atoms with Crippen molar-refractivity contribution >= 4 is 27.1 Å². The molecule has 3 aromatic heterocycles. The molecule has 194 valence electrons. The fourth-order valence-electron chi connectivity index (χ4n) is 4.59. The Morgan fingerprint density at radius 3 is 2.76 bits per heavy atom. The Balaban J connectivity index is 1.55. The summed E-state index contributed by atoms with van der Waals surface area (Å²) < 4.78 is 60.7. The molecule has 0 atom stereocenters. The number of hydrogen-bond acceptors (Lipinski definition) is 7. The lowest BCUT2D eigenvalue weighted by atomic mass is 10.0. The maximum absolute atomic E-state index is 13.4. The zero-order chi connectivity index (χ0) is 26.2. The molecule has 5 rings (SSSR count). The van der Waals surface area contributed by atoms with E-state index in [2.05, 4.69) is 20.5 Å². The SMILES string of the molecule is Cn1cc(NC(=O)c2cnn3cccnc23)c(-c2cc(S(=O)(=O)C3CCCCC3)ccc2OC(F)F)n1. The van der Waals surface area contributed by atoms with Crippen molar-refractivity contribution in [2.75, 3.05) is 5.32 Å². The van der Waals surface area contributed by atoms with Crippen LogP contribution in [0.4, 0.5) is 14.5 Å². The smallest absolute Gasteiger partial charge is 0.387 e. The second kappa shape index (κ2) is 9.88. The van der Waals surface area contributed by atoms with E-state index in [-0.39, 0.29) is 33.2 Å². The van der Waals surface area contributed by atoms with Crippen LogP contribution in [0.15, 0.2) is 53.9 Å². The first-order valence-corrected chi connectivity index (χ1v) is 13.2. The quantitative estimate of drug-likeness (QED) is 0.382. The van der Waals surface area contributed by atoms with Crippen molar-refractivity contribution < 1.29 is 26.7 Å². The summed E-state index contributed by atoms with van der Waals surface area (Å²) in [7, 11) is -2.12. The third-order valence-corrected chi connectivity index (χ3v) is 8.60. The van der Waals surface area contributed by atoms with Gasteiger partial charge in [-0.1, -0.05) is 19.3 Å². The number of ether oxygens (including phenoxy) is 1. The number of aromatic nitrogens is 5. The largest absolute Gasteiger partial charge is 0.434 e. The van der Waals surface area contributed by atoms with E-state index >= 15 is 0 Å². The molecular formula is C24H24F2N6O4S. The Morgan fingerprint density at radius 1 is 1.22 bits per heavy atom. The van der Waals surface area contributed by atoms with Crippen molar-refractivity contribution in [2.24, 2.45) is 7.05 Å². The van der Waals surface area contributed by atoms with Crippen LogP contribution in [0.25, 0.3) is 16.9 Å². The van der Waals surface area contributed by atoms with Gasteiger partial charge in [0.1, 0.15) is 17.0 Å². The molecule has 10 nitrogen and oxygen atoms in total. The van der Waals surface area contributed by atoms with E-state index < -0.39 is 27.6 Å². The van der Waals surface area contributed by atoms with Gasteiger partial charge in [-0.3, -0.25) is 9.48 Å². The lowest BCUT2D eigenvalue weighted by molar-refractivity contribution is -0.0494. The van der Waals surface area contributed by atoms with E-state index in [1.807, 2.05) is 0 Å². The summed E-state index contributed by atoms with van der Waals surface area (Å²) in [6, 6.07) is 5.43. The number of hydrogen-bond donors (Lipinski definition) is 1. The number of fused-ring (bicyclic) bond motifs is 1. The van der Waals surface area contributed by atoms with Crippen molar-refractivity contribution in [1.82, 2.24) is 24.4 Å². The van der Waals surface area contributed by atoms with E-state index in [1.165, 1.54) is 46.0 Å². The topological polar surface area (TPSA) is 120 Å². The number of anilines is 1. The van der Waals surface area contributed by atoms with Crippen molar-refractivity contribution in [3.63, 3.8) is 0 Å². The molecule has 0 saturated heterocycles. The number of nitrogens with zero attached hydrogens (tertiary/aromatic N) is 5. The molecule has 1 saturated carbocycles. The maximum atomic E-state index is 13.4. The van der Waals surface area contributed by atoms with E-state index in [9.17, 15) is 22.0 Å². The number of carbonyl (C=O) groups excluding carboxylic acids is 1. The van der Waals surface area contributed by atoms with Gasteiger partial charge in [-0.05, 0) is 37.1 Å². The first-order chi connectivity index (χ1) is 17.7. The summed E-state index contributed by atoms with van der Waals surface area (Å²) in [5.74, 6) is -0.810. The summed E-state index contributed by atoms with van der Waals surface area (Å²) in [5, 5.41) is 10.6. The van der Waals surface area contributed by atoms with E-state index in [4.69, 9.17) is 4.74 Å². The van der Waals surface area contributed by atoms with Gasteiger partial charge < -0.3 is 10.1 Å². The van der Waals surface area contributed by atoms with Crippen LogP contribution in [-0.2, 0) is 16.9 Å². The number of amides is 1. The van der Waals surface area contributed by atoms with Gasteiger partial charge >= 0.3 is 6.61 Å². The maximum Gasteiger partial charge on any atom is 0.387 e. The van der Waals surface area contributed by atoms with Gasteiger partial charge in [0.05, 0.1) is 22.0 Å². The van der Waals surface area contributed by atoms with Gasteiger partial charge in [0.15, 0.2) is 15.5 Å². The molecule has 0 unspecified atom stereocenters. The van der Waals surface area contributed by atoms with Gasteiger partial charge in [0, 0.05) is 31.2 Å². The third kappa shape index (κ3) is 4.90. The Kier molecular flexibility index (Phi) is 6.63. The third-order valence-electron chi connectivity index (χ3n) is 6.34. The summed E-state index contributed by atoms with van der Waals surface area (Å²) in [4.78, 5) is 17.2. The monoisotopic (exact) mass is 530 g/mol. The average Bonchev–Trinajstić information content (AvgIpc) is 3.47. The number of halogens is 2. The Hall–Kier alpha value is -3.87. The first kappa shape index (κ1) is 24.8. The van der Waals surface area contributed by atoms with Gasteiger partial charge in [0.25, 0.3) is 5.91 Å². The predicted molar refractivity (Wildman–Crippen MR) is 130 cm³/mol. The number of rotatable bonds is 7. The van der Waals surface area contributed by atoms with Gasteiger partial charge in [-0.25, -0.2) is 17.9 Å². The van der Waals surface area contributed by atoms with Crippen LogP contribution in [-0.4, -0.2) is 50.6 Å². The molecule has 1 aliphatic rings. The highest BCUT2D eigenvalue weighted by Crippen LogP contribution is 2.38. The van der Waals surface area contributed by atoms with Gasteiger partial charge in [-0.15, -0.1) is 0 Å². The van der Waals surface area contributed by atoms with Crippen LogP contribution in [0.3, 0.4) is 0 Å². The van der Waals surface area contributed by atoms with Crippen LogP contribution in [0.2, 0.25) is 0 Å². The number of aryl methyl sites for hydroxylation is 1. The van der Waals surface area contributed by atoms with E-state index in [0.29, 0.717) is 18.5 Å². The number of carbonyl (C=O) groups is 1. The van der Waals surface area contributed by atoms with Crippen molar-refractivity contribution in [1.29, 1.82) is 0 Å². The van der Waals surface area contributed by atoms with Crippen molar-refractivity contribution in [3.8, 4) is 17.0 Å². The molecule has 3 heterocycles. The van der Waals surface area contributed by atoms with Crippen LogP contribution < -0.4 is 10.1 Å². The van der Waals surface area contributed by atoms with Crippen LogP contribution in [0, 0.1) is 0 Å². The molecule has 4 aromatic rings. The second-order valence-electron chi connectivity index (χ2n) is 8.81. The molecule has 1 fully saturated rings. The highest BCUT2D eigenvalue weighted by atomic mass is 32.2. The summed E-state index contributed by atoms with van der Waals surface area (Å²) >= 11 is 0. The molecule has 0 bridgehead atoms. The summed E-state index contributed by atoms with van der Waals surface area (Å²) in [6.45, 7) is -3.15. The van der Waals surface area contributed by atoms with Gasteiger partial charge in [0.2, 0.25) is 0 Å². The second-order valence-corrected chi connectivity index (χ2v) is 11.0. The molecule has 0 aliphatic heterocycles. The lowest BCUT2D eigenvalue weighted by Crippen LogP contribution is -2.24. The normalized spacial score (nSPS) is 14.8. The standard InChI is InChI=1S/C24H24F2N6O4S/c1-31-14-19(29-23(33)18-13-28-32-11-5-10-27-22(18)32)21(30-31)17-12-16(8-9-20(17)36-24(25)26)37(34,35)15-6-3-2-4-7-15/h5,8-15,24H,2-4,6-7H2,1H3,(H,29,33). The molecule has 0 radical (unpaired) electrons. The molecule has 13 heteroatoms. The minimum atomic E-state index is -3.71. The molecule has 1 aromatic carbocycles. The summed E-state index contributed by atoms with van der Waals surface area (Å²) in [6.07, 6.45) is 9.72. The fourth-order valence-corrected chi connectivity index (χ4v) is 6.47. The van der Waals surface area contributed by atoms with Gasteiger partial charge in [-0.2, -0.15) is 19.0 Å². The molecule has 1 aliphatic carbocycles. The fraction of sp³-hybridized carbons (Fsp3) is 0.333. The zero-order valence-electron chi connectivity index (χ0n) is 19.8. The Bertz CT molecular complexity index is 1560. The number of nitrogens with one attached hydrogen (secondary N) is 1. The number of sulfone groups is 1. The van der Waals surface area contributed by atoms with E-state index in [1.54, 1.807) is 19.3 Å². The van der Waals surface area contributed by atoms with E-state index in [0.717, 1.165) is 19.3 Å². The Morgan fingerprint density at radius 2 is 2.00 bits per heavy atom. The lowest BCUT2D eigenvalue weighted by Gasteiger charge is -2.22. The molecule has 37 heavy (non-hydrogen) atoms. The predicted octanol–water partition coefficient (Wildman–Crippen LogP) is 4.09. The number of alkyl halides is 2. The molecule has 0 spiro atoms. The average molecular weight is 531 g/mol. The number of benzene rings is 1. The van der Waals surface area contributed by atoms with Crippen molar-refractivity contribution in [2.45, 2.75) is 48.9 Å². The minimum Gasteiger partial charge on any atom is -0.434 e. The summed E-state index contributed by atoms with van der Waals surface area (Å²) in [5.41, 5.74) is 0.789. The highest BCUT2D eigenvalue weighted by Gasteiger charge is 2.31. The van der Waals surface area contributed by atoms with Crippen molar-refractivity contribution in [3.05, 3.63) is 54.6 Å². The highest BCUT2D eigenvalue weighted by molar-refractivity contribution is 7.92. The molecular weight excluding hydrogens is 506 g/mol. The Labute approximate surface area is 211 Å². The zero-order valence-corrected chi connectivity index (χ0v) is 20.7. The minimum absolute atomic E-state index is 0.00854. The van der Waals surface area contributed by atoms with Crippen LogP contribution in [0.5, 0.6) is 5.75 Å². The first-order valence-electron chi connectivity index (χ1n) is 11.7. The molecule has 1 N–H and O–H groups in total.